The van der Waals surface area contributed by atoms with E-state index in [-0.39, 0.29) is 24.0 Å². The van der Waals surface area contributed by atoms with Crippen LogP contribution in [0.4, 0.5) is 5.69 Å². The largest absolute Gasteiger partial charge is 0.482 e. The molecule has 7 nitrogen and oxygen atoms in total. The summed E-state index contributed by atoms with van der Waals surface area (Å²) in [5.74, 6) is 1.29. The van der Waals surface area contributed by atoms with Gasteiger partial charge in [0.25, 0.3) is 11.5 Å². The first kappa shape index (κ1) is 28.0. The second-order valence-electron chi connectivity index (χ2n) is 9.34. The highest BCUT2D eigenvalue weighted by atomic mass is 127. The van der Waals surface area contributed by atoms with Gasteiger partial charge in [-0.05, 0) is 112 Å². The Labute approximate surface area is 258 Å². The molecule has 0 aliphatic heterocycles. The van der Waals surface area contributed by atoms with Crippen LogP contribution in [0.3, 0.4) is 0 Å². The monoisotopic (exact) mass is 766 g/mol. The maximum absolute atomic E-state index is 13.4. The van der Waals surface area contributed by atoms with Gasteiger partial charge in [0.1, 0.15) is 11.6 Å². The van der Waals surface area contributed by atoms with Crippen LogP contribution in [-0.2, 0) is 4.79 Å². The quantitative estimate of drug-likeness (QED) is 0.159. The molecule has 1 fully saturated rings. The normalized spacial score (nSPS) is 14.1. The first-order valence-electron chi connectivity index (χ1n) is 12.6. The fourth-order valence-corrected chi connectivity index (χ4v) is 6.92. The second kappa shape index (κ2) is 12.8. The Hall–Kier alpha value is -2.51. The molecule has 1 heterocycles. The third-order valence-electron chi connectivity index (χ3n) is 6.57. The minimum absolute atomic E-state index is 0.134. The molecule has 200 valence electrons. The van der Waals surface area contributed by atoms with E-state index in [9.17, 15) is 9.59 Å². The van der Waals surface area contributed by atoms with Crippen molar-refractivity contribution in [2.45, 2.75) is 38.0 Å². The molecule has 1 aromatic heterocycles. The van der Waals surface area contributed by atoms with Crippen molar-refractivity contribution in [1.29, 1.82) is 0 Å². The van der Waals surface area contributed by atoms with Crippen LogP contribution in [0, 0.1) is 7.14 Å². The number of hydrogen-bond donors (Lipinski definition) is 1. The summed E-state index contributed by atoms with van der Waals surface area (Å²) in [5, 5.41) is 8.58. The number of nitrogens with zero attached hydrogens (tertiary/aromatic N) is 3. The van der Waals surface area contributed by atoms with Crippen LogP contribution >= 0.6 is 56.8 Å². The maximum atomic E-state index is 13.4. The van der Waals surface area contributed by atoms with E-state index >= 15 is 0 Å². The van der Waals surface area contributed by atoms with Gasteiger partial charge in [0.05, 0.1) is 24.3 Å². The Bertz CT molecular complexity index is 1580. The number of carbonyl (C=O) groups is 1. The second-order valence-corrected chi connectivity index (χ2v) is 12.1. The number of benzene rings is 3. The first-order chi connectivity index (χ1) is 18.9. The highest BCUT2D eigenvalue weighted by molar-refractivity contribution is 14.1. The van der Waals surface area contributed by atoms with Gasteiger partial charge in [-0.3, -0.25) is 9.59 Å². The van der Waals surface area contributed by atoms with Crippen LogP contribution in [0.15, 0.2) is 70.6 Å². The van der Waals surface area contributed by atoms with Gasteiger partial charge in [0.2, 0.25) is 0 Å². The highest BCUT2D eigenvalue weighted by Gasteiger charge is 2.22. The number of fused-ring (bicyclic) bond motifs is 1. The van der Waals surface area contributed by atoms with E-state index in [0.717, 1.165) is 44.2 Å². The minimum Gasteiger partial charge on any atom is -0.482 e. The van der Waals surface area contributed by atoms with Crippen molar-refractivity contribution in [1.82, 2.24) is 9.66 Å². The van der Waals surface area contributed by atoms with E-state index in [0.29, 0.717) is 27.4 Å². The number of nitrogens with one attached hydrogen (secondary N) is 1. The van der Waals surface area contributed by atoms with Gasteiger partial charge < -0.3 is 10.1 Å². The molecule has 0 radical (unpaired) electrons. The summed E-state index contributed by atoms with van der Waals surface area (Å²) in [6.45, 7) is -0.134. The Kier molecular flexibility index (Phi) is 9.18. The number of carbonyl (C=O) groups excluding carboxylic acids is 1. The molecular formula is C29H25ClI2N4O3. The summed E-state index contributed by atoms with van der Waals surface area (Å²) >= 11 is 10.3. The number of ether oxygens (including phenoxy) is 1. The predicted octanol–water partition coefficient (Wildman–Crippen LogP) is 7.21. The number of rotatable bonds is 7. The van der Waals surface area contributed by atoms with Crippen LogP contribution in [0.25, 0.3) is 10.9 Å². The van der Waals surface area contributed by atoms with E-state index in [2.05, 4.69) is 55.6 Å². The number of aromatic nitrogens is 2. The lowest BCUT2D eigenvalue weighted by Crippen LogP contribution is -2.25. The third kappa shape index (κ3) is 6.80. The Morgan fingerprint density at radius 3 is 2.49 bits per heavy atom. The number of hydrogen-bond acceptors (Lipinski definition) is 5. The smallest absolute Gasteiger partial charge is 0.282 e. The molecule has 39 heavy (non-hydrogen) atoms. The van der Waals surface area contributed by atoms with Gasteiger partial charge in [-0.25, -0.2) is 4.98 Å². The molecule has 1 saturated carbocycles. The molecule has 3 aromatic carbocycles. The van der Waals surface area contributed by atoms with Crippen molar-refractivity contribution < 1.29 is 9.53 Å². The summed E-state index contributed by atoms with van der Waals surface area (Å²) in [7, 11) is 0. The van der Waals surface area contributed by atoms with Crippen LogP contribution in [0.5, 0.6) is 5.75 Å². The van der Waals surface area contributed by atoms with Crippen molar-refractivity contribution in [3.63, 3.8) is 0 Å². The van der Waals surface area contributed by atoms with Crippen LogP contribution in [-0.4, -0.2) is 28.4 Å². The van der Waals surface area contributed by atoms with Crippen LogP contribution in [0.1, 0.15) is 49.4 Å². The fraction of sp³-hybridized carbons (Fsp3) is 0.241. The molecule has 4 aromatic rings. The van der Waals surface area contributed by atoms with E-state index in [4.69, 9.17) is 21.3 Å². The van der Waals surface area contributed by atoms with Gasteiger partial charge in [0, 0.05) is 16.6 Å². The predicted molar refractivity (Wildman–Crippen MR) is 172 cm³/mol. The van der Waals surface area contributed by atoms with E-state index in [1.807, 2.05) is 30.3 Å². The molecular weight excluding hydrogens is 742 g/mol. The van der Waals surface area contributed by atoms with Crippen molar-refractivity contribution in [2.24, 2.45) is 5.10 Å². The average molecular weight is 767 g/mol. The molecule has 0 bridgehead atoms. The molecule has 1 amide bonds. The van der Waals surface area contributed by atoms with Gasteiger partial charge in [-0.2, -0.15) is 9.78 Å². The Balaban J connectivity index is 1.37. The topological polar surface area (TPSA) is 85.6 Å². The van der Waals surface area contributed by atoms with E-state index in [1.54, 1.807) is 36.5 Å². The number of amides is 1. The Morgan fingerprint density at radius 1 is 1.08 bits per heavy atom. The molecule has 0 saturated heterocycles. The summed E-state index contributed by atoms with van der Waals surface area (Å²) in [4.78, 5) is 30.7. The van der Waals surface area contributed by atoms with Gasteiger partial charge in [-0.15, -0.1) is 0 Å². The summed E-state index contributed by atoms with van der Waals surface area (Å²) in [5.41, 5.74) is 2.01. The van der Waals surface area contributed by atoms with Crippen molar-refractivity contribution in [3.05, 3.63) is 94.6 Å². The average Bonchev–Trinajstić information content (AvgIpc) is 2.94. The highest BCUT2D eigenvalue weighted by Crippen LogP contribution is 2.32. The molecule has 1 aliphatic carbocycles. The van der Waals surface area contributed by atoms with Gasteiger partial charge >= 0.3 is 0 Å². The fourth-order valence-electron chi connectivity index (χ4n) is 4.66. The van der Waals surface area contributed by atoms with Crippen molar-refractivity contribution in [2.75, 3.05) is 11.9 Å². The van der Waals surface area contributed by atoms with Crippen LogP contribution < -0.4 is 15.6 Å². The molecule has 5 rings (SSSR count). The lowest BCUT2D eigenvalue weighted by atomic mass is 9.88. The number of anilines is 1. The van der Waals surface area contributed by atoms with Crippen molar-refractivity contribution >= 4 is 85.5 Å². The minimum atomic E-state index is -0.270. The van der Waals surface area contributed by atoms with Crippen LogP contribution in [0.2, 0.25) is 5.02 Å². The zero-order chi connectivity index (χ0) is 27.4. The molecule has 1 aliphatic rings. The standard InChI is InChI=1S/C29H25ClI2N4O3/c30-20-10-12-21(13-11-20)34-26(37)17-39-27-23(31)14-18(15-24(27)32)16-33-36-28(19-6-2-1-3-7-19)35-25-9-5-4-8-22(25)29(36)38/h4-5,8-16,19H,1-3,6-7,17H2,(H,34,37). The summed E-state index contributed by atoms with van der Waals surface area (Å²) < 4.78 is 8.98. The van der Waals surface area contributed by atoms with Gasteiger partial charge in [-0.1, -0.05) is 43.0 Å². The zero-order valence-electron chi connectivity index (χ0n) is 20.9. The van der Waals surface area contributed by atoms with Gasteiger partial charge in [0.15, 0.2) is 6.61 Å². The summed E-state index contributed by atoms with van der Waals surface area (Å²) in [6.07, 6.45) is 7.18. The van der Waals surface area contributed by atoms with E-state index < -0.39 is 0 Å². The molecule has 10 heteroatoms. The summed E-state index contributed by atoms with van der Waals surface area (Å²) in [6, 6.07) is 18.2. The Morgan fingerprint density at radius 2 is 1.77 bits per heavy atom. The van der Waals surface area contributed by atoms with E-state index in [1.165, 1.54) is 11.1 Å². The number of para-hydroxylation sites is 1. The first-order valence-corrected chi connectivity index (χ1v) is 15.2. The zero-order valence-corrected chi connectivity index (χ0v) is 25.9. The van der Waals surface area contributed by atoms with Crippen molar-refractivity contribution in [3.8, 4) is 5.75 Å². The SMILES string of the molecule is O=C(COc1c(I)cc(C=Nn2c(C3CCCCC3)nc3ccccc3c2=O)cc1I)Nc1ccc(Cl)cc1. The number of halogens is 3. The lowest BCUT2D eigenvalue weighted by molar-refractivity contribution is -0.118. The molecule has 0 atom stereocenters. The molecule has 0 unspecified atom stereocenters. The maximum Gasteiger partial charge on any atom is 0.282 e. The molecule has 0 spiro atoms. The lowest BCUT2D eigenvalue weighted by Gasteiger charge is -2.22. The molecule has 1 N–H and O–H groups in total. The third-order valence-corrected chi connectivity index (χ3v) is 8.42.